The van der Waals surface area contributed by atoms with Crippen LogP contribution in [0.2, 0.25) is 0 Å². The Balaban J connectivity index is 1.41. The zero-order valence-electron chi connectivity index (χ0n) is 18.9. The van der Waals surface area contributed by atoms with Crippen LogP contribution in [0.25, 0.3) is 22.3 Å². The van der Waals surface area contributed by atoms with Crippen molar-refractivity contribution in [2.24, 2.45) is 0 Å². The second kappa shape index (κ2) is 9.13. The van der Waals surface area contributed by atoms with E-state index in [9.17, 15) is 8.42 Å². The van der Waals surface area contributed by atoms with Gasteiger partial charge in [0.1, 0.15) is 17.8 Å². The number of sulfonamides is 1. The summed E-state index contributed by atoms with van der Waals surface area (Å²) >= 11 is 0. The lowest BCUT2D eigenvalue weighted by atomic mass is 10.1. The highest BCUT2D eigenvalue weighted by Crippen LogP contribution is 2.33. The summed E-state index contributed by atoms with van der Waals surface area (Å²) in [6.07, 6.45) is 3.57. The number of hydrogen-bond donors (Lipinski definition) is 3. The number of piperidine rings is 1. The molecule has 2 aromatic heterocycles. The normalized spacial score (nSPS) is 16.7. The van der Waals surface area contributed by atoms with E-state index < -0.39 is 10.0 Å². The molecule has 4 N–H and O–H groups in total. The molecular formula is C24H27N7O2S. The fourth-order valence-corrected chi connectivity index (χ4v) is 5.65. The summed E-state index contributed by atoms with van der Waals surface area (Å²) in [4.78, 5) is 8.95. The molecule has 1 aliphatic rings. The van der Waals surface area contributed by atoms with Gasteiger partial charge in [0.05, 0.1) is 16.3 Å². The minimum absolute atomic E-state index is 0.186. The number of nitrogens with two attached hydrogens (primary N) is 1. The van der Waals surface area contributed by atoms with Crippen molar-refractivity contribution in [3.8, 4) is 11.3 Å². The summed E-state index contributed by atoms with van der Waals surface area (Å²) < 4.78 is 30.0. The minimum Gasteiger partial charge on any atom is -0.383 e. The van der Waals surface area contributed by atoms with Gasteiger partial charge in [-0.1, -0.05) is 42.5 Å². The van der Waals surface area contributed by atoms with E-state index in [0.717, 1.165) is 53.8 Å². The van der Waals surface area contributed by atoms with E-state index in [1.165, 1.54) is 6.33 Å². The van der Waals surface area contributed by atoms with Crippen LogP contribution < -0.4 is 15.8 Å². The molecule has 0 aliphatic carbocycles. The van der Waals surface area contributed by atoms with Gasteiger partial charge in [-0.05, 0) is 43.5 Å². The van der Waals surface area contributed by atoms with E-state index in [0.29, 0.717) is 11.4 Å². The first-order valence-corrected chi connectivity index (χ1v) is 12.8. The van der Waals surface area contributed by atoms with Crippen molar-refractivity contribution >= 4 is 26.9 Å². The monoisotopic (exact) mass is 477 g/mol. The summed E-state index contributed by atoms with van der Waals surface area (Å²) in [5.74, 6) is 0.394. The van der Waals surface area contributed by atoms with Crippen molar-refractivity contribution in [1.29, 1.82) is 0 Å². The molecule has 1 saturated heterocycles. The molecular weight excluding hydrogens is 450 g/mol. The van der Waals surface area contributed by atoms with Crippen molar-refractivity contribution in [1.82, 2.24) is 29.8 Å². The van der Waals surface area contributed by atoms with Crippen molar-refractivity contribution in [2.75, 3.05) is 18.8 Å². The highest BCUT2D eigenvalue weighted by Gasteiger charge is 2.23. The van der Waals surface area contributed by atoms with E-state index in [-0.39, 0.29) is 17.5 Å². The van der Waals surface area contributed by atoms with Crippen LogP contribution in [0, 0.1) is 6.92 Å². The summed E-state index contributed by atoms with van der Waals surface area (Å²) in [6, 6.07) is 14.8. The van der Waals surface area contributed by atoms with E-state index >= 15 is 0 Å². The number of nitrogen functional groups attached to an aromatic ring is 1. The molecule has 1 unspecified atom stereocenters. The molecule has 0 radical (unpaired) electrons. The van der Waals surface area contributed by atoms with E-state index in [2.05, 4.69) is 20.0 Å². The Morgan fingerprint density at radius 2 is 1.94 bits per heavy atom. The van der Waals surface area contributed by atoms with Crippen LogP contribution in [0.1, 0.15) is 30.0 Å². The fourth-order valence-electron chi connectivity index (χ4n) is 4.39. The third-order valence-electron chi connectivity index (χ3n) is 6.21. The molecule has 0 amide bonds. The number of aryl methyl sites for hydroxylation is 1. The topological polar surface area (TPSA) is 128 Å². The predicted octanol–water partition coefficient (Wildman–Crippen LogP) is 2.79. The van der Waals surface area contributed by atoms with Gasteiger partial charge < -0.3 is 11.1 Å². The van der Waals surface area contributed by atoms with Gasteiger partial charge >= 0.3 is 0 Å². The van der Waals surface area contributed by atoms with Gasteiger partial charge in [0.15, 0.2) is 5.65 Å². The first-order chi connectivity index (χ1) is 16.4. The number of hydrogen-bond acceptors (Lipinski definition) is 7. The van der Waals surface area contributed by atoms with Crippen LogP contribution in [0.4, 0.5) is 5.82 Å². The summed E-state index contributed by atoms with van der Waals surface area (Å²) in [5.41, 5.74) is 10.1. The summed E-state index contributed by atoms with van der Waals surface area (Å²) in [5, 5.41) is 9.05. The number of anilines is 1. The molecule has 0 spiro atoms. The van der Waals surface area contributed by atoms with Gasteiger partial charge in [0.2, 0.25) is 10.0 Å². The van der Waals surface area contributed by atoms with Crippen LogP contribution in [0.15, 0.2) is 59.8 Å². The Morgan fingerprint density at radius 3 is 2.68 bits per heavy atom. The molecule has 176 valence electrons. The SMILES string of the molecule is Cc1ccccc1S(=O)(=O)NCc1ccc(-c2nn(C3CCCNC3)c3ncnc(N)c23)cc1. The number of rotatable bonds is 6. The van der Waals surface area contributed by atoms with Crippen LogP contribution >= 0.6 is 0 Å². The predicted molar refractivity (Wildman–Crippen MR) is 132 cm³/mol. The molecule has 0 saturated carbocycles. The Labute approximate surface area is 198 Å². The first kappa shape index (κ1) is 22.5. The van der Waals surface area contributed by atoms with Gasteiger partial charge in [0.25, 0.3) is 0 Å². The van der Waals surface area contributed by atoms with Crippen molar-refractivity contribution < 1.29 is 8.42 Å². The molecule has 0 bridgehead atoms. The maximum Gasteiger partial charge on any atom is 0.241 e. The van der Waals surface area contributed by atoms with Gasteiger partial charge in [0, 0.05) is 18.7 Å². The first-order valence-electron chi connectivity index (χ1n) is 11.3. The fraction of sp³-hybridized carbons (Fsp3) is 0.292. The molecule has 2 aromatic carbocycles. The lowest BCUT2D eigenvalue weighted by Crippen LogP contribution is -2.32. The lowest BCUT2D eigenvalue weighted by molar-refractivity contribution is 0.354. The Bertz CT molecular complexity index is 1430. The van der Waals surface area contributed by atoms with E-state index in [1.54, 1.807) is 25.1 Å². The molecule has 34 heavy (non-hydrogen) atoms. The number of fused-ring (bicyclic) bond motifs is 1. The second-order valence-corrected chi connectivity index (χ2v) is 10.3. The second-order valence-electron chi connectivity index (χ2n) is 8.54. The minimum atomic E-state index is -3.60. The van der Waals surface area contributed by atoms with E-state index in [4.69, 9.17) is 10.8 Å². The third-order valence-corrected chi connectivity index (χ3v) is 7.77. The zero-order chi connectivity index (χ0) is 23.7. The van der Waals surface area contributed by atoms with E-state index in [1.807, 2.05) is 35.0 Å². The Hall–Kier alpha value is -3.34. The molecule has 10 heteroatoms. The maximum absolute atomic E-state index is 12.7. The number of aromatic nitrogens is 4. The third kappa shape index (κ3) is 4.27. The molecule has 1 fully saturated rings. The zero-order valence-corrected chi connectivity index (χ0v) is 19.7. The molecule has 1 atom stereocenters. The Kier molecular flexibility index (Phi) is 6.03. The van der Waals surface area contributed by atoms with Gasteiger partial charge in [-0.25, -0.2) is 27.8 Å². The van der Waals surface area contributed by atoms with Crippen LogP contribution in [0.3, 0.4) is 0 Å². The highest BCUT2D eigenvalue weighted by atomic mass is 32.2. The lowest BCUT2D eigenvalue weighted by Gasteiger charge is -2.23. The number of nitrogens with one attached hydrogen (secondary N) is 2. The van der Waals surface area contributed by atoms with Crippen molar-refractivity contribution in [3.05, 3.63) is 66.0 Å². The smallest absolute Gasteiger partial charge is 0.241 e. The standard InChI is InChI=1S/C24H27N7O2S/c1-16-5-2-3-7-20(16)34(32,33)29-13-17-8-10-18(11-9-17)22-21-23(25)27-15-28-24(21)31(30-22)19-6-4-12-26-14-19/h2-3,5,7-11,15,19,26,29H,4,6,12-14H2,1H3,(H2,25,27,28). The Morgan fingerprint density at radius 1 is 1.15 bits per heavy atom. The van der Waals surface area contributed by atoms with Crippen molar-refractivity contribution in [3.63, 3.8) is 0 Å². The van der Waals surface area contributed by atoms with Crippen LogP contribution in [-0.2, 0) is 16.6 Å². The summed E-state index contributed by atoms with van der Waals surface area (Å²) in [6.45, 7) is 3.81. The van der Waals surface area contributed by atoms with Crippen molar-refractivity contribution in [2.45, 2.75) is 37.2 Å². The van der Waals surface area contributed by atoms with Crippen LogP contribution in [0.5, 0.6) is 0 Å². The number of benzene rings is 2. The molecule has 1 aliphatic heterocycles. The average molecular weight is 478 g/mol. The molecule has 3 heterocycles. The summed E-state index contributed by atoms with van der Waals surface area (Å²) in [7, 11) is -3.60. The van der Waals surface area contributed by atoms with Gasteiger partial charge in [-0.3, -0.25) is 0 Å². The molecule has 5 rings (SSSR count). The highest BCUT2D eigenvalue weighted by molar-refractivity contribution is 7.89. The molecule has 9 nitrogen and oxygen atoms in total. The largest absolute Gasteiger partial charge is 0.383 e. The van der Waals surface area contributed by atoms with Gasteiger partial charge in [-0.2, -0.15) is 5.10 Å². The quantitative estimate of drug-likeness (QED) is 0.390. The average Bonchev–Trinajstić information content (AvgIpc) is 3.25. The van der Waals surface area contributed by atoms with Gasteiger partial charge in [-0.15, -0.1) is 0 Å². The number of nitrogens with zero attached hydrogens (tertiary/aromatic N) is 4. The molecule has 4 aromatic rings. The maximum atomic E-state index is 12.7. The van der Waals surface area contributed by atoms with Crippen LogP contribution in [-0.4, -0.2) is 41.3 Å².